The van der Waals surface area contributed by atoms with Crippen molar-refractivity contribution in [1.82, 2.24) is 20.0 Å². The van der Waals surface area contributed by atoms with Gasteiger partial charge >= 0.3 is 12.1 Å². The second-order valence-electron chi connectivity index (χ2n) is 10.4. The predicted molar refractivity (Wildman–Crippen MR) is 138 cm³/mol. The second-order valence-corrected chi connectivity index (χ2v) is 10.4. The molecule has 1 aromatic carbocycles. The van der Waals surface area contributed by atoms with Gasteiger partial charge in [-0.1, -0.05) is 6.08 Å². The molecule has 1 aromatic rings. The van der Waals surface area contributed by atoms with Crippen molar-refractivity contribution in [3.8, 4) is 0 Å². The normalized spacial score (nSPS) is 23.3. The van der Waals surface area contributed by atoms with Crippen molar-refractivity contribution >= 4 is 29.3 Å². The maximum Gasteiger partial charge on any atom is 0.414 e. The summed E-state index contributed by atoms with van der Waals surface area (Å²) in [5.74, 6) is -0.612. The fourth-order valence-corrected chi connectivity index (χ4v) is 5.85. The Bertz CT molecular complexity index is 1060. The Labute approximate surface area is 217 Å². The monoisotopic (exact) mass is 513 g/mol. The summed E-state index contributed by atoms with van der Waals surface area (Å²) >= 11 is 0. The minimum absolute atomic E-state index is 0.0763. The first-order chi connectivity index (χ1) is 17.9. The van der Waals surface area contributed by atoms with Crippen LogP contribution in [-0.4, -0.2) is 97.2 Å². The van der Waals surface area contributed by atoms with Gasteiger partial charge in [-0.05, 0) is 69.0 Å². The van der Waals surface area contributed by atoms with E-state index in [-0.39, 0.29) is 25.0 Å². The number of ether oxygens (including phenoxy) is 1. The van der Waals surface area contributed by atoms with E-state index in [0.717, 1.165) is 31.5 Å². The minimum Gasteiger partial charge on any atom is -0.442 e. The Balaban J connectivity index is 1.15. The Morgan fingerprint density at radius 2 is 1.84 bits per heavy atom. The van der Waals surface area contributed by atoms with Crippen LogP contribution in [0.15, 0.2) is 24.3 Å². The van der Waals surface area contributed by atoms with Crippen LogP contribution in [0.3, 0.4) is 0 Å². The lowest BCUT2D eigenvalue weighted by Crippen LogP contribution is -2.51. The number of amides is 4. The fourth-order valence-electron chi connectivity index (χ4n) is 5.85. The van der Waals surface area contributed by atoms with Crippen LogP contribution in [0, 0.1) is 5.82 Å². The maximum atomic E-state index is 15.1. The second kappa shape index (κ2) is 11.1. The van der Waals surface area contributed by atoms with Gasteiger partial charge in [0.2, 0.25) is 5.91 Å². The largest absolute Gasteiger partial charge is 0.442 e. The molecule has 37 heavy (non-hydrogen) atoms. The van der Waals surface area contributed by atoms with Crippen LogP contribution in [0.2, 0.25) is 0 Å². The number of anilines is 1. The van der Waals surface area contributed by atoms with Crippen LogP contribution >= 0.6 is 0 Å². The molecule has 5 rings (SSSR count). The number of rotatable bonds is 5. The molecular weight excluding hydrogens is 477 g/mol. The fraction of sp³-hybridized carbons (Fsp3) is 0.593. The summed E-state index contributed by atoms with van der Waals surface area (Å²) in [6.07, 6.45) is 6.13. The highest BCUT2D eigenvalue weighted by molar-refractivity contribution is 5.90. The first-order valence-corrected chi connectivity index (χ1v) is 13.4. The van der Waals surface area contributed by atoms with E-state index in [1.807, 2.05) is 15.9 Å². The molecule has 3 saturated heterocycles. The molecule has 4 aliphatic heterocycles. The number of likely N-dealkylation sites (tertiary alicyclic amines) is 2. The van der Waals surface area contributed by atoms with Crippen LogP contribution in [0.4, 0.5) is 19.7 Å². The first-order valence-electron chi connectivity index (χ1n) is 13.4. The third-order valence-electron chi connectivity index (χ3n) is 7.93. The third kappa shape index (κ3) is 5.74. The smallest absolute Gasteiger partial charge is 0.414 e. The Hall–Kier alpha value is -3.14. The minimum atomic E-state index is -0.557. The molecule has 1 atom stereocenters. The Kier molecular flexibility index (Phi) is 7.64. The molecule has 0 aliphatic carbocycles. The predicted octanol–water partition coefficient (Wildman–Crippen LogP) is 3.06. The molecule has 0 bridgehead atoms. The van der Waals surface area contributed by atoms with Crippen molar-refractivity contribution in [3.05, 3.63) is 35.7 Å². The number of carbonyl (C=O) groups excluding carboxylic acids is 3. The number of piperidine rings is 1. The molecule has 3 fully saturated rings. The molecule has 4 heterocycles. The molecule has 0 unspecified atom stereocenters. The molecule has 10 heteroatoms. The zero-order valence-corrected chi connectivity index (χ0v) is 21.5. The van der Waals surface area contributed by atoms with Gasteiger partial charge in [0.05, 0.1) is 18.8 Å². The third-order valence-corrected chi connectivity index (χ3v) is 7.93. The van der Waals surface area contributed by atoms with Gasteiger partial charge in [-0.2, -0.15) is 0 Å². The van der Waals surface area contributed by atoms with Gasteiger partial charge in [-0.25, -0.2) is 14.0 Å². The molecule has 0 spiro atoms. The zero-order valence-electron chi connectivity index (χ0n) is 21.5. The summed E-state index contributed by atoms with van der Waals surface area (Å²) < 4.78 is 20.4. The topological polar surface area (TPSA) is 85.4 Å². The molecule has 1 N–H and O–H groups in total. The van der Waals surface area contributed by atoms with E-state index in [4.69, 9.17) is 4.74 Å². The van der Waals surface area contributed by atoms with Gasteiger partial charge in [-0.15, -0.1) is 0 Å². The van der Waals surface area contributed by atoms with Gasteiger partial charge in [-0.3, -0.25) is 9.69 Å². The van der Waals surface area contributed by atoms with Gasteiger partial charge in [0.15, 0.2) is 0 Å². The lowest BCUT2D eigenvalue weighted by atomic mass is 9.98. The molecule has 4 aliphatic rings. The summed E-state index contributed by atoms with van der Waals surface area (Å²) in [7, 11) is 0. The Morgan fingerprint density at radius 3 is 2.49 bits per heavy atom. The van der Waals surface area contributed by atoms with Crippen LogP contribution in [0.25, 0.3) is 5.57 Å². The summed E-state index contributed by atoms with van der Waals surface area (Å²) in [6.45, 7) is 6.86. The number of halogens is 1. The van der Waals surface area contributed by atoms with E-state index in [9.17, 15) is 14.4 Å². The number of urea groups is 1. The SMILES string of the molecule is CC(=O)NC[C@H]1CN(c2ccc(C3=CCN(C(=O)N4CCC(N5CCCC5)CC4)CC3)c(F)c2)C(=O)O1. The molecule has 0 aromatic heterocycles. The molecule has 9 nitrogen and oxygen atoms in total. The van der Waals surface area contributed by atoms with Crippen LogP contribution in [-0.2, 0) is 9.53 Å². The van der Waals surface area contributed by atoms with E-state index >= 15 is 4.39 Å². The number of cyclic esters (lactones) is 1. The van der Waals surface area contributed by atoms with E-state index in [1.165, 1.54) is 43.8 Å². The van der Waals surface area contributed by atoms with Crippen molar-refractivity contribution in [2.24, 2.45) is 0 Å². The van der Waals surface area contributed by atoms with E-state index in [0.29, 0.717) is 36.8 Å². The highest BCUT2D eigenvalue weighted by atomic mass is 19.1. The van der Waals surface area contributed by atoms with E-state index in [1.54, 1.807) is 12.1 Å². The van der Waals surface area contributed by atoms with Crippen LogP contribution < -0.4 is 10.2 Å². The number of benzene rings is 1. The lowest BCUT2D eigenvalue weighted by Gasteiger charge is -2.39. The van der Waals surface area contributed by atoms with Crippen molar-refractivity contribution < 1.29 is 23.5 Å². The summed E-state index contributed by atoms with van der Waals surface area (Å²) in [5, 5.41) is 2.63. The zero-order chi connectivity index (χ0) is 25.9. The van der Waals surface area contributed by atoms with Crippen LogP contribution in [0.1, 0.15) is 44.6 Å². The molecule has 0 radical (unpaired) electrons. The van der Waals surface area contributed by atoms with Crippen molar-refractivity contribution in [2.75, 3.05) is 57.3 Å². The maximum absolute atomic E-state index is 15.1. The summed E-state index contributed by atoms with van der Waals surface area (Å²) in [6, 6.07) is 5.43. The molecule has 4 amide bonds. The lowest BCUT2D eigenvalue weighted by molar-refractivity contribution is -0.119. The van der Waals surface area contributed by atoms with Crippen molar-refractivity contribution in [2.45, 2.75) is 51.2 Å². The highest BCUT2D eigenvalue weighted by Crippen LogP contribution is 2.30. The number of nitrogens with zero attached hydrogens (tertiary/aromatic N) is 4. The average Bonchev–Trinajstić information content (AvgIpc) is 3.57. The van der Waals surface area contributed by atoms with Crippen molar-refractivity contribution in [3.63, 3.8) is 0 Å². The standard InChI is InChI=1S/C27H36FN5O4/c1-19(34)29-17-23-18-33(27(36)37-23)22-4-5-24(25(28)16-22)20-6-12-31(13-7-20)26(35)32-14-8-21(9-15-32)30-10-2-3-11-30/h4-6,16,21,23H,2-3,7-15,17-18H2,1H3,(H,29,34)/t23-/m0/s1. The summed E-state index contributed by atoms with van der Waals surface area (Å²) in [5.41, 5.74) is 1.78. The number of nitrogens with one attached hydrogen (secondary N) is 1. The first kappa shape index (κ1) is 25.5. The molecular formula is C27H36FN5O4. The highest BCUT2D eigenvalue weighted by Gasteiger charge is 2.33. The van der Waals surface area contributed by atoms with Gasteiger partial charge < -0.3 is 24.8 Å². The Morgan fingerprint density at radius 1 is 1.08 bits per heavy atom. The number of hydrogen-bond acceptors (Lipinski definition) is 5. The van der Waals surface area contributed by atoms with E-state index in [2.05, 4.69) is 10.2 Å². The van der Waals surface area contributed by atoms with Gasteiger partial charge in [0.25, 0.3) is 0 Å². The van der Waals surface area contributed by atoms with E-state index < -0.39 is 18.0 Å². The molecule has 200 valence electrons. The number of hydrogen-bond donors (Lipinski definition) is 1. The van der Waals surface area contributed by atoms with Gasteiger partial charge in [0.1, 0.15) is 11.9 Å². The van der Waals surface area contributed by atoms with Crippen LogP contribution in [0.5, 0.6) is 0 Å². The molecule has 0 saturated carbocycles. The van der Waals surface area contributed by atoms with Crippen molar-refractivity contribution in [1.29, 1.82) is 0 Å². The quantitative estimate of drug-likeness (QED) is 0.654. The summed E-state index contributed by atoms with van der Waals surface area (Å²) in [4.78, 5) is 44.2. The average molecular weight is 514 g/mol. The van der Waals surface area contributed by atoms with Gasteiger partial charge in [0, 0.05) is 44.7 Å². The number of carbonyl (C=O) groups is 3.